The average molecular weight is 394 g/mol. The molecule has 4 aromatic rings. The topological polar surface area (TPSA) is 73.8 Å². The lowest BCUT2D eigenvalue weighted by Gasteiger charge is -2.06. The van der Waals surface area contributed by atoms with E-state index in [2.05, 4.69) is 10.1 Å². The Morgan fingerprint density at radius 1 is 0.964 bits per heavy atom. The predicted molar refractivity (Wildman–Crippen MR) is 101 cm³/mol. The molecule has 0 aliphatic rings. The lowest BCUT2D eigenvalue weighted by atomic mass is 10.00. The summed E-state index contributed by atoms with van der Waals surface area (Å²) in [5.74, 6) is -0.377. The molecule has 2 aromatic carbocycles. The number of hydrogen-bond acceptors (Lipinski definition) is 4. The van der Waals surface area contributed by atoms with Crippen LogP contribution in [0, 0.1) is 5.82 Å². The van der Waals surface area contributed by atoms with Crippen molar-refractivity contribution in [1.82, 2.24) is 14.8 Å². The van der Waals surface area contributed by atoms with E-state index in [0.717, 1.165) is 11.1 Å². The Kier molecular flexibility index (Phi) is 5.52. The molecule has 2 N–H and O–H groups in total. The summed E-state index contributed by atoms with van der Waals surface area (Å²) < 4.78 is 14.5. The fourth-order valence-corrected chi connectivity index (χ4v) is 2.85. The molecule has 7 heteroatoms. The van der Waals surface area contributed by atoms with Gasteiger partial charge in [0.2, 0.25) is 0 Å². The zero-order valence-corrected chi connectivity index (χ0v) is 15.3. The number of rotatable bonds is 4. The third kappa shape index (κ3) is 3.63. The van der Waals surface area contributed by atoms with E-state index in [1.54, 1.807) is 36.7 Å². The normalized spacial score (nSPS) is 10.3. The van der Waals surface area contributed by atoms with Crippen molar-refractivity contribution >= 4 is 11.6 Å². The largest absolute Gasteiger partial charge is 1.00 e. The number of aromatic nitrogens is 3. The van der Waals surface area contributed by atoms with Crippen LogP contribution in [0.15, 0.2) is 79.3 Å². The van der Waals surface area contributed by atoms with Crippen LogP contribution >= 0.6 is 0 Å². The van der Waals surface area contributed by atoms with Gasteiger partial charge in [0.1, 0.15) is 11.6 Å². The molecular formula is C21H15ClFN4O-. The smallest absolute Gasteiger partial charge is 0.198 e. The minimum atomic E-state index is -0.354. The first-order valence-corrected chi connectivity index (χ1v) is 8.28. The highest BCUT2D eigenvalue weighted by Crippen LogP contribution is 2.24. The van der Waals surface area contributed by atoms with E-state index in [0.29, 0.717) is 16.8 Å². The standard InChI is InChI=1S/C21H15FN4O.ClH/c22-17-6-8-18(9-7-17)26-21(23)19(13-25-26)20(27)15-4-1-3-14(11-15)16-5-2-10-24-12-16;/h1-13H,23H2;1H/p-1. The molecule has 0 aliphatic heterocycles. The number of anilines is 1. The third-order valence-corrected chi connectivity index (χ3v) is 4.24. The molecule has 0 spiro atoms. The molecule has 0 fully saturated rings. The number of nitrogens with two attached hydrogens (primary N) is 1. The number of carbonyl (C=O) groups excluding carboxylic acids is 1. The van der Waals surface area contributed by atoms with E-state index in [1.807, 2.05) is 24.3 Å². The van der Waals surface area contributed by atoms with Crippen molar-refractivity contribution < 1.29 is 21.6 Å². The molecule has 28 heavy (non-hydrogen) atoms. The molecule has 0 saturated heterocycles. The van der Waals surface area contributed by atoms with Gasteiger partial charge in [0, 0.05) is 23.5 Å². The molecule has 2 heterocycles. The minimum Gasteiger partial charge on any atom is -1.00 e. The Morgan fingerprint density at radius 3 is 2.43 bits per heavy atom. The van der Waals surface area contributed by atoms with Crippen LogP contribution in [0.2, 0.25) is 0 Å². The van der Waals surface area contributed by atoms with Crippen LogP contribution in [0.4, 0.5) is 10.2 Å². The molecule has 0 atom stereocenters. The number of carbonyl (C=O) groups is 1. The molecule has 0 unspecified atom stereocenters. The van der Waals surface area contributed by atoms with E-state index in [9.17, 15) is 9.18 Å². The van der Waals surface area contributed by atoms with Gasteiger partial charge in [0.15, 0.2) is 5.78 Å². The van der Waals surface area contributed by atoms with Crippen molar-refractivity contribution in [2.45, 2.75) is 0 Å². The second kappa shape index (κ2) is 8.02. The number of benzene rings is 2. The van der Waals surface area contributed by atoms with Gasteiger partial charge in [-0.1, -0.05) is 24.3 Å². The molecule has 4 rings (SSSR count). The number of halogens is 2. The summed E-state index contributed by atoms with van der Waals surface area (Å²) in [5, 5.41) is 4.18. The van der Waals surface area contributed by atoms with Gasteiger partial charge in [-0.05, 0) is 42.0 Å². The molecule has 140 valence electrons. The number of nitrogen functional groups attached to an aromatic ring is 1. The van der Waals surface area contributed by atoms with Gasteiger partial charge < -0.3 is 18.1 Å². The molecular weight excluding hydrogens is 379 g/mol. The quantitative estimate of drug-likeness (QED) is 0.523. The Balaban J connectivity index is 0.00000225. The second-order valence-electron chi connectivity index (χ2n) is 5.98. The average Bonchev–Trinajstić information content (AvgIpc) is 3.10. The fraction of sp³-hybridized carbons (Fsp3) is 0. The van der Waals surface area contributed by atoms with Crippen LogP contribution in [0.3, 0.4) is 0 Å². The van der Waals surface area contributed by atoms with Gasteiger partial charge >= 0.3 is 0 Å². The van der Waals surface area contributed by atoms with Crippen molar-refractivity contribution in [2.24, 2.45) is 0 Å². The van der Waals surface area contributed by atoms with Crippen molar-refractivity contribution in [3.8, 4) is 16.8 Å². The summed E-state index contributed by atoms with van der Waals surface area (Å²) >= 11 is 0. The molecule has 0 bridgehead atoms. The zero-order chi connectivity index (χ0) is 18.8. The van der Waals surface area contributed by atoms with Gasteiger partial charge in [0.25, 0.3) is 0 Å². The summed E-state index contributed by atoms with van der Waals surface area (Å²) in [4.78, 5) is 17.0. The van der Waals surface area contributed by atoms with Gasteiger partial charge in [0.05, 0.1) is 17.4 Å². The lowest BCUT2D eigenvalue weighted by molar-refractivity contribution is -0.0000133. The molecule has 5 nitrogen and oxygen atoms in total. The molecule has 0 aliphatic carbocycles. The Morgan fingerprint density at radius 2 is 1.71 bits per heavy atom. The van der Waals surface area contributed by atoms with E-state index in [1.165, 1.54) is 23.0 Å². The highest BCUT2D eigenvalue weighted by Gasteiger charge is 2.18. The van der Waals surface area contributed by atoms with E-state index < -0.39 is 0 Å². The fourth-order valence-electron chi connectivity index (χ4n) is 2.85. The van der Waals surface area contributed by atoms with E-state index in [-0.39, 0.29) is 29.8 Å². The Labute approximate surface area is 167 Å². The molecule has 0 saturated carbocycles. The van der Waals surface area contributed by atoms with Gasteiger partial charge in [-0.15, -0.1) is 0 Å². The van der Waals surface area contributed by atoms with Crippen LogP contribution in [0.5, 0.6) is 0 Å². The monoisotopic (exact) mass is 393 g/mol. The third-order valence-electron chi connectivity index (χ3n) is 4.24. The summed E-state index contributed by atoms with van der Waals surface area (Å²) in [6, 6.07) is 16.8. The van der Waals surface area contributed by atoms with Crippen LogP contribution in [0.25, 0.3) is 16.8 Å². The first-order valence-electron chi connectivity index (χ1n) is 8.28. The first kappa shape index (κ1) is 19.3. The summed E-state index contributed by atoms with van der Waals surface area (Å²) in [6.07, 6.45) is 4.87. The lowest BCUT2D eigenvalue weighted by Crippen LogP contribution is -3.00. The van der Waals surface area contributed by atoms with Crippen molar-refractivity contribution in [2.75, 3.05) is 5.73 Å². The SMILES string of the molecule is Nc1c(C(=O)c2cccc(-c3cccnc3)c2)cnn1-c1ccc(F)cc1.[Cl-]. The number of hydrogen-bond donors (Lipinski definition) is 1. The van der Waals surface area contributed by atoms with Gasteiger partial charge in [-0.2, -0.15) is 5.10 Å². The number of ketones is 1. The summed E-state index contributed by atoms with van der Waals surface area (Å²) in [7, 11) is 0. The van der Waals surface area contributed by atoms with Crippen molar-refractivity contribution in [3.05, 3.63) is 96.2 Å². The van der Waals surface area contributed by atoms with Crippen LogP contribution in [-0.4, -0.2) is 20.5 Å². The maximum Gasteiger partial charge on any atom is 0.198 e. The van der Waals surface area contributed by atoms with Crippen LogP contribution < -0.4 is 18.1 Å². The Hall–Kier alpha value is -3.51. The maximum atomic E-state index is 13.1. The predicted octanol–water partition coefficient (Wildman–Crippen LogP) is 0.891. The summed E-state index contributed by atoms with van der Waals surface area (Å²) in [5.41, 5.74) is 9.32. The molecule has 2 aromatic heterocycles. The zero-order valence-electron chi connectivity index (χ0n) is 14.6. The second-order valence-corrected chi connectivity index (χ2v) is 5.98. The van der Waals surface area contributed by atoms with E-state index in [4.69, 9.17) is 5.73 Å². The number of nitrogens with zero attached hydrogens (tertiary/aromatic N) is 3. The van der Waals surface area contributed by atoms with Gasteiger partial charge in [-0.25, -0.2) is 9.07 Å². The molecule has 0 radical (unpaired) electrons. The number of pyridine rings is 1. The minimum absolute atomic E-state index is 0. The van der Waals surface area contributed by atoms with Crippen LogP contribution in [-0.2, 0) is 0 Å². The van der Waals surface area contributed by atoms with E-state index >= 15 is 0 Å². The van der Waals surface area contributed by atoms with Gasteiger partial charge in [-0.3, -0.25) is 9.78 Å². The summed E-state index contributed by atoms with van der Waals surface area (Å²) in [6.45, 7) is 0. The highest BCUT2D eigenvalue weighted by atomic mass is 35.5. The molecule has 0 amide bonds. The first-order chi connectivity index (χ1) is 13.1. The highest BCUT2D eigenvalue weighted by molar-refractivity contribution is 6.12. The van der Waals surface area contributed by atoms with Crippen molar-refractivity contribution in [3.63, 3.8) is 0 Å². The Bertz CT molecular complexity index is 1110. The van der Waals surface area contributed by atoms with Crippen molar-refractivity contribution in [1.29, 1.82) is 0 Å². The van der Waals surface area contributed by atoms with Crippen LogP contribution in [0.1, 0.15) is 15.9 Å². The maximum absolute atomic E-state index is 13.1.